The lowest BCUT2D eigenvalue weighted by atomic mass is 9.77. The van der Waals surface area contributed by atoms with Gasteiger partial charge in [0, 0.05) is 26.2 Å². The van der Waals surface area contributed by atoms with Crippen LogP contribution in [-0.4, -0.2) is 25.9 Å². The fourth-order valence-electron chi connectivity index (χ4n) is 3.73. The van der Waals surface area contributed by atoms with E-state index in [1.165, 1.54) is 19.8 Å². The van der Waals surface area contributed by atoms with Crippen molar-refractivity contribution in [1.82, 2.24) is 4.67 Å². The van der Waals surface area contributed by atoms with E-state index in [-0.39, 0.29) is 12.0 Å². The van der Waals surface area contributed by atoms with Gasteiger partial charge >= 0.3 is 7.75 Å². The van der Waals surface area contributed by atoms with E-state index >= 15 is 0 Å². The van der Waals surface area contributed by atoms with Crippen LogP contribution in [0.15, 0.2) is 42.5 Å². The van der Waals surface area contributed by atoms with Gasteiger partial charge in [-0.25, -0.2) is 9.24 Å². The second-order valence-electron chi connectivity index (χ2n) is 6.36. The van der Waals surface area contributed by atoms with E-state index in [1.54, 1.807) is 11.7 Å². The van der Waals surface area contributed by atoms with Gasteiger partial charge in [-0.2, -0.15) is 0 Å². The summed E-state index contributed by atoms with van der Waals surface area (Å²) in [6, 6.07) is 14.0. The van der Waals surface area contributed by atoms with E-state index in [9.17, 15) is 4.57 Å². The lowest BCUT2D eigenvalue weighted by molar-refractivity contribution is 0.189. The first-order chi connectivity index (χ1) is 12.4. The Bertz CT molecular complexity index is 837. The molecule has 2 aromatic carbocycles. The summed E-state index contributed by atoms with van der Waals surface area (Å²) in [6.07, 6.45) is 1.73. The summed E-state index contributed by atoms with van der Waals surface area (Å²) < 4.78 is 24.9. The van der Waals surface area contributed by atoms with Crippen LogP contribution in [0.1, 0.15) is 41.5 Å². The third-order valence-electron chi connectivity index (χ3n) is 5.10. The summed E-state index contributed by atoms with van der Waals surface area (Å²) in [7, 11) is 1.30. The molecule has 2 atom stereocenters. The molecule has 1 aliphatic rings. The molecule has 2 aromatic rings. The van der Waals surface area contributed by atoms with E-state index in [4.69, 9.17) is 32.2 Å². The maximum absolute atomic E-state index is 12.8. The van der Waals surface area contributed by atoms with Crippen molar-refractivity contribution >= 4 is 30.9 Å². The summed E-state index contributed by atoms with van der Waals surface area (Å²) in [6.45, 7) is 0. The first-order valence-electron chi connectivity index (χ1n) is 8.40. The maximum atomic E-state index is 12.8. The minimum atomic E-state index is -3.31. The van der Waals surface area contributed by atoms with Gasteiger partial charge in [-0.1, -0.05) is 53.5 Å². The highest BCUT2D eigenvalue weighted by Crippen LogP contribution is 2.56. The molecule has 0 saturated heterocycles. The number of rotatable bonds is 5. The summed E-state index contributed by atoms with van der Waals surface area (Å²) in [5.41, 5.74) is 3.47. The Morgan fingerprint density at radius 3 is 2.27 bits per heavy atom. The average molecular weight is 414 g/mol. The van der Waals surface area contributed by atoms with E-state index in [0.717, 1.165) is 24.0 Å². The van der Waals surface area contributed by atoms with Crippen molar-refractivity contribution in [2.45, 2.75) is 24.8 Å². The number of nitrogens with zero attached hydrogens (tertiary/aromatic N) is 1. The van der Waals surface area contributed by atoms with Crippen LogP contribution in [0.4, 0.5) is 0 Å². The first kappa shape index (κ1) is 19.9. The van der Waals surface area contributed by atoms with Crippen LogP contribution in [0, 0.1) is 0 Å². The minimum absolute atomic E-state index is 0.0454. The molecule has 0 spiro atoms. The van der Waals surface area contributed by atoms with Gasteiger partial charge in [0.1, 0.15) is 0 Å². The van der Waals surface area contributed by atoms with Crippen LogP contribution < -0.4 is 0 Å². The molecule has 1 aliphatic carbocycles. The molecule has 0 bridgehead atoms. The Kier molecular flexibility index (Phi) is 6.13. The number of benzene rings is 2. The molecule has 26 heavy (non-hydrogen) atoms. The van der Waals surface area contributed by atoms with Crippen LogP contribution in [0.5, 0.6) is 0 Å². The molecule has 0 fully saturated rings. The van der Waals surface area contributed by atoms with Gasteiger partial charge in [0.05, 0.1) is 10.0 Å². The summed E-state index contributed by atoms with van der Waals surface area (Å²) >= 11 is 12.3. The molecule has 0 aromatic heterocycles. The predicted octanol–water partition coefficient (Wildman–Crippen LogP) is 6.29. The van der Waals surface area contributed by atoms with Crippen LogP contribution in [0.2, 0.25) is 10.0 Å². The standard InChI is InChI=1S/C19H22Cl2NO3P/c1-22(26(23,24-2)25-3)19-11-9-14(15-6-4-5-7-16(15)19)13-8-10-17(20)18(21)12-13/h4-8,10,12,14,19H,9,11H2,1-3H3/t14-,19-/m0/s1. The molecular formula is C19H22Cl2NO3P. The normalized spacial score (nSPS) is 20.2. The summed E-state index contributed by atoms with van der Waals surface area (Å²) in [5, 5.41) is 1.11. The van der Waals surface area contributed by atoms with Gasteiger partial charge in [0.15, 0.2) is 0 Å². The molecular weight excluding hydrogens is 392 g/mol. The highest BCUT2D eigenvalue weighted by molar-refractivity contribution is 7.51. The second-order valence-corrected chi connectivity index (χ2v) is 9.47. The zero-order valence-corrected chi connectivity index (χ0v) is 17.4. The zero-order valence-electron chi connectivity index (χ0n) is 15.0. The Morgan fingerprint density at radius 1 is 1.00 bits per heavy atom. The molecule has 140 valence electrons. The van der Waals surface area contributed by atoms with Gasteiger partial charge in [-0.05, 0) is 48.7 Å². The van der Waals surface area contributed by atoms with Crippen molar-refractivity contribution in [3.8, 4) is 0 Å². The Labute approximate surface area is 164 Å². The van der Waals surface area contributed by atoms with E-state index < -0.39 is 7.75 Å². The first-order valence-corrected chi connectivity index (χ1v) is 10.6. The number of hydrogen-bond acceptors (Lipinski definition) is 3. The minimum Gasteiger partial charge on any atom is -0.300 e. The molecule has 4 nitrogen and oxygen atoms in total. The fraction of sp³-hybridized carbons (Fsp3) is 0.368. The topological polar surface area (TPSA) is 38.8 Å². The van der Waals surface area contributed by atoms with Crippen molar-refractivity contribution in [1.29, 1.82) is 0 Å². The predicted molar refractivity (Wildman–Crippen MR) is 106 cm³/mol. The van der Waals surface area contributed by atoms with Gasteiger partial charge in [0.25, 0.3) is 0 Å². The average Bonchev–Trinajstić information content (AvgIpc) is 2.68. The molecule has 0 radical (unpaired) electrons. The molecule has 0 unspecified atom stereocenters. The molecule has 0 saturated carbocycles. The highest BCUT2D eigenvalue weighted by Gasteiger charge is 2.38. The Morgan fingerprint density at radius 2 is 1.65 bits per heavy atom. The maximum Gasteiger partial charge on any atom is 0.407 e. The van der Waals surface area contributed by atoms with Gasteiger partial charge < -0.3 is 0 Å². The molecule has 7 heteroatoms. The summed E-state index contributed by atoms with van der Waals surface area (Å²) in [5.74, 6) is 0.218. The van der Waals surface area contributed by atoms with Gasteiger partial charge in [-0.3, -0.25) is 9.05 Å². The number of fused-ring (bicyclic) bond motifs is 1. The van der Waals surface area contributed by atoms with E-state index in [1.807, 2.05) is 30.3 Å². The molecule has 0 heterocycles. The lowest BCUT2D eigenvalue weighted by Gasteiger charge is -2.38. The van der Waals surface area contributed by atoms with E-state index in [0.29, 0.717) is 10.0 Å². The Balaban J connectivity index is 2.01. The van der Waals surface area contributed by atoms with E-state index in [2.05, 4.69) is 12.1 Å². The van der Waals surface area contributed by atoms with Crippen molar-refractivity contribution in [3.63, 3.8) is 0 Å². The van der Waals surface area contributed by atoms with Crippen molar-refractivity contribution in [3.05, 3.63) is 69.2 Å². The molecule has 0 amide bonds. The van der Waals surface area contributed by atoms with Crippen LogP contribution in [0.3, 0.4) is 0 Å². The smallest absolute Gasteiger partial charge is 0.300 e. The van der Waals surface area contributed by atoms with Crippen LogP contribution >= 0.6 is 30.9 Å². The highest BCUT2D eigenvalue weighted by atomic mass is 35.5. The third-order valence-corrected chi connectivity index (χ3v) is 7.82. The third kappa shape index (κ3) is 3.60. The SMILES string of the molecule is COP(=O)(OC)N(C)[C@H]1CC[C@@H](c2ccc(Cl)c(Cl)c2)c2ccccc21. The monoisotopic (exact) mass is 413 g/mol. The largest absolute Gasteiger partial charge is 0.407 e. The number of hydrogen-bond donors (Lipinski definition) is 0. The molecule has 3 rings (SSSR count). The fourth-order valence-corrected chi connectivity index (χ4v) is 5.29. The van der Waals surface area contributed by atoms with Crippen molar-refractivity contribution in [2.24, 2.45) is 0 Å². The zero-order chi connectivity index (χ0) is 18.9. The molecule has 0 N–H and O–H groups in total. The van der Waals surface area contributed by atoms with Gasteiger partial charge in [0.2, 0.25) is 0 Å². The second kappa shape index (κ2) is 8.02. The molecule has 0 aliphatic heterocycles. The lowest BCUT2D eigenvalue weighted by Crippen LogP contribution is -2.28. The van der Waals surface area contributed by atoms with Crippen molar-refractivity contribution in [2.75, 3.05) is 21.3 Å². The van der Waals surface area contributed by atoms with Gasteiger partial charge in [-0.15, -0.1) is 0 Å². The number of halogens is 2. The quantitative estimate of drug-likeness (QED) is 0.539. The van der Waals surface area contributed by atoms with Crippen LogP contribution in [0.25, 0.3) is 0 Å². The summed E-state index contributed by atoms with van der Waals surface area (Å²) in [4.78, 5) is 0. The Hall–Kier alpha value is -0.870. The van der Waals surface area contributed by atoms with Crippen molar-refractivity contribution < 1.29 is 13.6 Å². The van der Waals surface area contributed by atoms with Crippen LogP contribution in [-0.2, 0) is 13.6 Å².